The van der Waals surface area contributed by atoms with Gasteiger partial charge in [0.05, 0.1) is 34.4 Å². The van der Waals surface area contributed by atoms with E-state index >= 15 is 0 Å². The predicted molar refractivity (Wildman–Crippen MR) is 266 cm³/mol. The summed E-state index contributed by atoms with van der Waals surface area (Å²) in [7, 11) is 5.51. The van der Waals surface area contributed by atoms with E-state index in [0.717, 1.165) is 96.3 Å². The quantitative estimate of drug-likeness (QED) is 0.0282. The second-order valence-electron chi connectivity index (χ2n) is 17.3. The number of carbonyl (C=O) groups is 3. The minimum atomic E-state index is -0.884. The van der Waals surface area contributed by atoms with Crippen LogP contribution in [0.25, 0.3) is 0 Å². The molecule has 0 aromatic heterocycles. The molecule has 0 heterocycles. The summed E-state index contributed by atoms with van der Waals surface area (Å²) in [6, 6.07) is -0.626. The molecule has 0 radical (unpaired) electrons. The van der Waals surface area contributed by atoms with E-state index in [9.17, 15) is 19.5 Å². The number of ether oxygens (including phenoxy) is 3. The molecule has 0 aliphatic carbocycles. The van der Waals surface area contributed by atoms with Gasteiger partial charge in [0.25, 0.3) is 0 Å². The van der Waals surface area contributed by atoms with Crippen LogP contribution in [0.4, 0.5) is 0 Å². The molecule has 0 aromatic rings. The van der Waals surface area contributed by atoms with Crippen molar-refractivity contribution in [1.29, 1.82) is 0 Å². The number of hydrogen-bond acceptors (Lipinski definition) is 6. The van der Waals surface area contributed by atoms with E-state index in [1.807, 2.05) is 21.1 Å². The topological polar surface area (TPSA) is 99.1 Å². The Morgan fingerprint density at radius 3 is 1.25 bits per heavy atom. The lowest BCUT2D eigenvalue weighted by atomic mass is 10.0. The number of quaternary nitrogens is 1. The predicted octanol–water partition coefficient (Wildman–Crippen LogP) is 14.2. The van der Waals surface area contributed by atoms with Crippen LogP contribution in [0.5, 0.6) is 0 Å². The fourth-order valence-electron chi connectivity index (χ4n) is 6.72. The molecule has 0 fully saturated rings. The van der Waals surface area contributed by atoms with Gasteiger partial charge in [0.1, 0.15) is 6.61 Å². The molecule has 0 aromatic carbocycles. The van der Waals surface area contributed by atoms with Crippen molar-refractivity contribution in [1.82, 2.24) is 0 Å². The molecule has 8 heteroatoms. The number of carbonyl (C=O) groups excluding carboxylic acids is 2. The number of carboxylic acids is 1. The highest BCUT2D eigenvalue weighted by atomic mass is 16.6. The van der Waals surface area contributed by atoms with Crippen molar-refractivity contribution in [2.24, 2.45) is 0 Å². The van der Waals surface area contributed by atoms with Gasteiger partial charge in [-0.05, 0) is 89.9 Å². The van der Waals surface area contributed by atoms with Crippen LogP contribution in [-0.4, -0.2) is 80.6 Å². The van der Waals surface area contributed by atoms with E-state index in [4.69, 9.17) is 14.2 Å². The Hall–Kier alpha value is -3.75. The lowest BCUT2D eigenvalue weighted by Crippen LogP contribution is -2.50. The van der Waals surface area contributed by atoms with Crippen molar-refractivity contribution in [3.05, 3.63) is 97.2 Å². The van der Waals surface area contributed by atoms with Gasteiger partial charge in [-0.15, -0.1) is 0 Å². The van der Waals surface area contributed by atoms with Gasteiger partial charge in [-0.1, -0.05) is 169 Å². The average Bonchev–Trinajstić information content (AvgIpc) is 3.24. The van der Waals surface area contributed by atoms with Gasteiger partial charge in [0.2, 0.25) is 0 Å². The molecule has 358 valence electrons. The summed E-state index contributed by atoms with van der Waals surface area (Å²) in [5.74, 6) is -1.52. The molecule has 2 atom stereocenters. The van der Waals surface area contributed by atoms with Gasteiger partial charge >= 0.3 is 17.9 Å². The van der Waals surface area contributed by atoms with E-state index in [1.54, 1.807) is 0 Å². The number of unbranched alkanes of at least 4 members (excludes halogenated alkanes) is 13. The smallest absolute Gasteiger partial charge is 0.362 e. The van der Waals surface area contributed by atoms with Crippen molar-refractivity contribution in [2.45, 2.75) is 193 Å². The fourth-order valence-corrected chi connectivity index (χ4v) is 6.72. The zero-order chi connectivity index (χ0) is 46.3. The lowest BCUT2D eigenvalue weighted by molar-refractivity contribution is -0.887. The molecule has 0 rings (SSSR count). The molecule has 0 bridgehead atoms. The van der Waals surface area contributed by atoms with Crippen molar-refractivity contribution >= 4 is 17.9 Å². The monoisotopic (exact) mass is 879 g/mol. The van der Waals surface area contributed by atoms with Crippen molar-refractivity contribution < 1.29 is 38.2 Å². The Balaban J connectivity index is 4.35. The number of hydrogen-bond donors (Lipinski definition) is 1. The number of likely N-dealkylation sites (N-methyl/N-ethyl adjacent to an activating group) is 1. The third-order valence-electron chi connectivity index (χ3n) is 10.5. The zero-order valence-electron chi connectivity index (χ0n) is 40.7. The van der Waals surface area contributed by atoms with Gasteiger partial charge in [0, 0.05) is 19.3 Å². The standard InChI is InChI=1S/C55H91NO7/c1-6-8-10-12-14-16-18-20-22-24-26-28-30-32-34-36-38-40-42-44-46-54(58)63-51(49-61-48-47-52(55(59)60)56(3,4)5)50-62-53(57)45-43-41-39-37-35-33-31-29-27-25-23-21-19-17-15-13-11-9-7-2/h8-11,14-17,20-23,27,29,33,35,51-52H,6-7,12-13,18-19,24-26,28,30-32,34,36-50H2,1-5H3/p+1/b10-8+,11-9+,16-14+,17-15+,22-20+,23-21+,29-27+,35-33+. The van der Waals surface area contributed by atoms with Crippen LogP contribution >= 0.6 is 0 Å². The third kappa shape index (κ3) is 43.3. The van der Waals surface area contributed by atoms with Crippen LogP contribution in [0.3, 0.4) is 0 Å². The Morgan fingerprint density at radius 1 is 0.476 bits per heavy atom. The molecule has 0 saturated heterocycles. The van der Waals surface area contributed by atoms with Crippen molar-refractivity contribution in [3.63, 3.8) is 0 Å². The Kier molecular flexibility index (Phi) is 42.2. The molecule has 8 nitrogen and oxygen atoms in total. The summed E-state index contributed by atoms with van der Waals surface area (Å²) in [4.78, 5) is 37.1. The first-order valence-corrected chi connectivity index (χ1v) is 24.8. The van der Waals surface area contributed by atoms with E-state index in [1.165, 1.54) is 51.4 Å². The van der Waals surface area contributed by atoms with E-state index in [0.29, 0.717) is 19.3 Å². The molecule has 2 unspecified atom stereocenters. The number of esters is 2. The van der Waals surface area contributed by atoms with Crippen LogP contribution < -0.4 is 0 Å². The van der Waals surface area contributed by atoms with Gasteiger partial charge < -0.3 is 23.8 Å². The Bertz CT molecular complexity index is 1350. The molecule has 0 amide bonds. The summed E-state index contributed by atoms with van der Waals surface area (Å²) in [5.41, 5.74) is 0. The highest BCUT2D eigenvalue weighted by Crippen LogP contribution is 2.14. The fraction of sp³-hybridized carbons (Fsp3) is 0.655. The molecule has 0 saturated carbocycles. The van der Waals surface area contributed by atoms with E-state index in [-0.39, 0.29) is 36.2 Å². The van der Waals surface area contributed by atoms with Crippen LogP contribution in [0.15, 0.2) is 97.2 Å². The molecular formula is C55H92NO7+. The summed E-state index contributed by atoms with van der Waals surface area (Å²) < 4.78 is 17.3. The first-order valence-electron chi connectivity index (χ1n) is 24.8. The highest BCUT2D eigenvalue weighted by Gasteiger charge is 2.31. The SMILES string of the molecule is CC/C=C/C/C=C/C/C=C/C/C=C/C/C=C/CCCCCC(=O)OCC(COCCC(C(=O)O)[N+](C)(C)C)OC(=O)CCCCCCCCCCCC/C=C/C/C=C/C/C=C/CC. The molecular weight excluding hydrogens is 787 g/mol. The van der Waals surface area contributed by atoms with Crippen LogP contribution in [0.2, 0.25) is 0 Å². The molecule has 0 aliphatic heterocycles. The van der Waals surface area contributed by atoms with Crippen molar-refractivity contribution in [2.75, 3.05) is 41.0 Å². The molecule has 0 spiro atoms. The average molecular weight is 879 g/mol. The summed E-state index contributed by atoms with van der Waals surface area (Å²) in [6.07, 6.45) is 60.2. The van der Waals surface area contributed by atoms with Gasteiger partial charge in [-0.3, -0.25) is 9.59 Å². The van der Waals surface area contributed by atoms with Gasteiger partial charge in [0.15, 0.2) is 12.1 Å². The van der Waals surface area contributed by atoms with Crippen molar-refractivity contribution in [3.8, 4) is 0 Å². The first-order chi connectivity index (χ1) is 30.6. The molecule has 0 aliphatic rings. The number of carboxylic acid groups (broad SMARTS) is 1. The summed E-state index contributed by atoms with van der Waals surface area (Å²) in [5, 5.41) is 9.65. The maximum atomic E-state index is 12.8. The number of nitrogens with zero attached hydrogens (tertiary/aromatic N) is 1. The molecule has 63 heavy (non-hydrogen) atoms. The largest absolute Gasteiger partial charge is 0.477 e. The number of aliphatic carboxylic acids is 1. The normalized spacial score (nSPS) is 13.7. The minimum Gasteiger partial charge on any atom is -0.477 e. The second-order valence-corrected chi connectivity index (χ2v) is 17.3. The summed E-state index contributed by atoms with van der Waals surface area (Å²) >= 11 is 0. The van der Waals surface area contributed by atoms with Crippen LogP contribution in [0.1, 0.15) is 181 Å². The maximum absolute atomic E-state index is 12.8. The number of rotatable bonds is 43. The second kappa shape index (κ2) is 44.8. The zero-order valence-corrected chi connectivity index (χ0v) is 40.7. The molecule has 1 N–H and O–H groups in total. The maximum Gasteiger partial charge on any atom is 0.362 e. The van der Waals surface area contributed by atoms with E-state index in [2.05, 4.69) is 111 Å². The van der Waals surface area contributed by atoms with Crippen LogP contribution in [0, 0.1) is 0 Å². The first kappa shape index (κ1) is 59.2. The summed E-state index contributed by atoms with van der Waals surface area (Å²) in [6.45, 7) is 4.47. The van der Waals surface area contributed by atoms with E-state index < -0.39 is 18.1 Å². The number of allylic oxidation sites excluding steroid dienone is 16. The third-order valence-corrected chi connectivity index (χ3v) is 10.5. The highest BCUT2D eigenvalue weighted by molar-refractivity contribution is 5.72. The minimum absolute atomic E-state index is 0.0431. The van der Waals surface area contributed by atoms with Gasteiger partial charge in [-0.25, -0.2) is 4.79 Å². The lowest BCUT2D eigenvalue weighted by Gasteiger charge is -2.31. The van der Waals surface area contributed by atoms with Crippen LogP contribution in [-0.2, 0) is 28.6 Å². The Morgan fingerprint density at radius 2 is 0.841 bits per heavy atom. The van der Waals surface area contributed by atoms with Gasteiger partial charge in [-0.2, -0.15) is 0 Å². The Labute approximate surface area is 386 Å².